The molecule has 2 saturated heterocycles. The van der Waals surface area contributed by atoms with Crippen LogP contribution in [-0.4, -0.2) is 66.5 Å². The quantitative estimate of drug-likeness (QED) is 0.734. The molecule has 0 bridgehead atoms. The number of hydrogen-bond donors (Lipinski definition) is 0. The molecular weight excluding hydrogens is 394 g/mol. The van der Waals surface area contributed by atoms with Crippen LogP contribution in [0.4, 0.5) is 11.5 Å². The number of carbonyl (C=O) groups is 2. The fourth-order valence-electron chi connectivity index (χ4n) is 4.08. The van der Waals surface area contributed by atoms with Crippen LogP contribution in [0.2, 0.25) is 0 Å². The van der Waals surface area contributed by atoms with E-state index < -0.39 is 0 Å². The first-order valence-electron chi connectivity index (χ1n) is 10.6. The van der Waals surface area contributed by atoms with Gasteiger partial charge in [-0.25, -0.2) is 0 Å². The lowest BCUT2D eigenvalue weighted by atomic mass is 10.1. The summed E-state index contributed by atoms with van der Waals surface area (Å²) in [6.07, 6.45) is 4.14. The van der Waals surface area contributed by atoms with Crippen molar-refractivity contribution in [1.82, 2.24) is 14.9 Å². The Labute approximate surface area is 182 Å². The second-order valence-corrected chi connectivity index (χ2v) is 8.60. The van der Waals surface area contributed by atoms with Crippen LogP contribution >= 0.6 is 0 Å². The maximum atomic E-state index is 13.1. The van der Waals surface area contributed by atoms with Gasteiger partial charge in [-0.2, -0.15) is 4.98 Å². The van der Waals surface area contributed by atoms with Crippen LogP contribution in [-0.2, 0) is 9.59 Å². The molecule has 2 aromatic rings. The molecule has 0 N–H and O–H groups in total. The molecule has 0 aliphatic carbocycles. The van der Waals surface area contributed by atoms with Crippen LogP contribution in [0.5, 0.6) is 5.88 Å². The van der Waals surface area contributed by atoms with E-state index >= 15 is 0 Å². The van der Waals surface area contributed by atoms with Gasteiger partial charge in [0.25, 0.3) is 0 Å². The molecule has 8 nitrogen and oxygen atoms in total. The Hall–Kier alpha value is -3.16. The average molecular weight is 424 g/mol. The molecule has 2 aliphatic heterocycles. The lowest BCUT2D eigenvalue weighted by molar-refractivity contribution is -0.135. The highest BCUT2D eigenvalue weighted by Gasteiger charge is 2.39. The zero-order chi connectivity index (χ0) is 22.1. The third kappa shape index (κ3) is 4.47. The normalized spacial score (nSPS) is 21.0. The van der Waals surface area contributed by atoms with Crippen LogP contribution in [0.15, 0.2) is 30.6 Å². The van der Waals surface area contributed by atoms with E-state index in [1.165, 1.54) is 5.56 Å². The fraction of sp³-hybridized carbons (Fsp3) is 0.478. The summed E-state index contributed by atoms with van der Waals surface area (Å²) in [5.41, 5.74) is 3.19. The van der Waals surface area contributed by atoms with Gasteiger partial charge in [0.05, 0.1) is 24.9 Å². The van der Waals surface area contributed by atoms with Gasteiger partial charge >= 0.3 is 0 Å². The molecule has 0 spiro atoms. The third-order valence-corrected chi connectivity index (χ3v) is 6.08. The molecular formula is C23H29N5O3. The van der Waals surface area contributed by atoms with E-state index in [9.17, 15) is 9.59 Å². The molecule has 164 valence electrons. The summed E-state index contributed by atoms with van der Waals surface area (Å²) in [7, 11) is 3.79. The third-order valence-electron chi connectivity index (χ3n) is 6.08. The van der Waals surface area contributed by atoms with Crippen molar-refractivity contribution in [1.29, 1.82) is 0 Å². The van der Waals surface area contributed by atoms with Gasteiger partial charge in [0, 0.05) is 45.7 Å². The number of amides is 2. The highest BCUT2D eigenvalue weighted by Crippen LogP contribution is 2.29. The maximum Gasteiger partial charge on any atom is 0.234 e. The van der Waals surface area contributed by atoms with E-state index in [0.29, 0.717) is 25.5 Å². The minimum absolute atomic E-state index is 0.00405. The maximum absolute atomic E-state index is 13.1. The molecule has 2 aliphatic rings. The molecule has 4 rings (SSSR count). The Bertz CT molecular complexity index is 993. The predicted molar refractivity (Wildman–Crippen MR) is 118 cm³/mol. The average Bonchev–Trinajstić information content (AvgIpc) is 3.36. The van der Waals surface area contributed by atoms with Crippen molar-refractivity contribution in [3.8, 4) is 5.88 Å². The molecule has 2 atom stereocenters. The number of likely N-dealkylation sites (tertiary alicyclic amines) is 1. The molecule has 8 heteroatoms. The van der Waals surface area contributed by atoms with E-state index in [4.69, 9.17) is 4.74 Å². The molecule has 31 heavy (non-hydrogen) atoms. The number of carbonyl (C=O) groups excluding carboxylic acids is 2. The van der Waals surface area contributed by atoms with Crippen LogP contribution < -0.4 is 14.5 Å². The topological polar surface area (TPSA) is 78.9 Å². The lowest BCUT2D eigenvalue weighted by Crippen LogP contribution is -2.37. The zero-order valence-corrected chi connectivity index (χ0v) is 18.5. The SMILES string of the molecule is Cc1ccc(N2CC(C(=O)N3CCC(Oc4cncc(N(C)C)n4)C3)CC2=O)cc1C. The summed E-state index contributed by atoms with van der Waals surface area (Å²) >= 11 is 0. The Morgan fingerprint density at radius 1 is 1.16 bits per heavy atom. The van der Waals surface area contributed by atoms with Crippen molar-refractivity contribution in [2.24, 2.45) is 5.92 Å². The van der Waals surface area contributed by atoms with E-state index in [1.807, 2.05) is 55.9 Å². The first-order valence-corrected chi connectivity index (χ1v) is 10.6. The largest absolute Gasteiger partial charge is 0.471 e. The second-order valence-electron chi connectivity index (χ2n) is 8.60. The van der Waals surface area contributed by atoms with E-state index in [-0.39, 0.29) is 30.3 Å². The van der Waals surface area contributed by atoms with Crippen molar-refractivity contribution in [2.75, 3.05) is 43.5 Å². The van der Waals surface area contributed by atoms with Crippen molar-refractivity contribution < 1.29 is 14.3 Å². The number of ether oxygens (including phenoxy) is 1. The Kier molecular flexibility index (Phi) is 5.80. The Morgan fingerprint density at radius 2 is 1.97 bits per heavy atom. The molecule has 1 aromatic heterocycles. The van der Waals surface area contributed by atoms with Gasteiger partial charge in [-0.05, 0) is 37.1 Å². The number of aryl methyl sites for hydroxylation is 2. The summed E-state index contributed by atoms with van der Waals surface area (Å²) in [6.45, 7) is 5.63. The van der Waals surface area contributed by atoms with Crippen LogP contribution in [0.3, 0.4) is 0 Å². The first kappa shape index (κ1) is 21.1. The minimum atomic E-state index is -0.315. The number of anilines is 2. The summed E-state index contributed by atoms with van der Waals surface area (Å²) < 4.78 is 5.97. The van der Waals surface area contributed by atoms with Gasteiger partial charge in [-0.1, -0.05) is 6.07 Å². The van der Waals surface area contributed by atoms with Gasteiger partial charge in [0.15, 0.2) is 5.82 Å². The predicted octanol–water partition coefficient (Wildman–Crippen LogP) is 2.19. The van der Waals surface area contributed by atoms with Gasteiger partial charge in [-0.3, -0.25) is 14.6 Å². The molecule has 1 aromatic carbocycles. The van der Waals surface area contributed by atoms with Gasteiger partial charge in [-0.15, -0.1) is 0 Å². The number of benzene rings is 1. The van der Waals surface area contributed by atoms with Crippen LogP contribution in [0, 0.1) is 19.8 Å². The highest BCUT2D eigenvalue weighted by atomic mass is 16.5. The van der Waals surface area contributed by atoms with Gasteiger partial charge < -0.3 is 19.4 Å². The number of nitrogens with zero attached hydrogens (tertiary/aromatic N) is 5. The van der Waals surface area contributed by atoms with Crippen molar-refractivity contribution in [2.45, 2.75) is 32.8 Å². The fourth-order valence-corrected chi connectivity index (χ4v) is 4.08. The van der Waals surface area contributed by atoms with Crippen molar-refractivity contribution in [3.05, 3.63) is 41.7 Å². The molecule has 3 heterocycles. The zero-order valence-electron chi connectivity index (χ0n) is 18.5. The first-order chi connectivity index (χ1) is 14.8. The number of hydrogen-bond acceptors (Lipinski definition) is 6. The van der Waals surface area contributed by atoms with Crippen LogP contribution in [0.25, 0.3) is 0 Å². The van der Waals surface area contributed by atoms with E-state index in [1.54, 1.807) is 17.3 Å². The van der Waals surface area contributed by atoms with E-state index in [2.05, 4.69) is 9.97 Å². The minimum Gasteiger partial charge on any atom is -0.471 e. The van der Waals surface area contributed by atoms with Crippen LogP contribution in [0.1, 0.15) is 24.0 Å². The molecule has 2 amide bonds. The summed E-state index contributed by atoms with van der Waals surface area (Å²) in [5, 5.41) is 0. The summed E-state index contributed by atoms with van der Waals surface area (Å²) in [5.74, 6) is 0.898. The molecule has 0 radical (unpaired) electrons. The summed E-state index contributed by atoms with van der Waals surface area (Å²) in [6, 6.07) is 5.99. The molecule has 2 fully saturated rings. The van der Waals surface area contributed by atoms with Crippen molar-refractivity contribution >= 4 is 23.3 Å². The molecule has 0 saturated carbocycles. The van der Waals surface area contributed by atoms with Gasteiger partial charge in [0.1, 0.15) is 6.10 Å². The number of aromatic nitrogens is 2. The molecule has 2 unspecified atom stereocenters. The Balaban J connectivity index is 1.36. The monoisotopic (exact) mass is 423 g/mol. The standard InChI is InChI=1S/C23H29N5O3/c1-15-5-6-18(9-16(15)2)28-13-17(10-22(28)29)23(30)27-8-7-19(14-27)31-21-12-24-11-20(25-21)26(3)4/h5-6,9,11-12,17,19H,7-8,10,13-14H2,1-4H3. The second kappa shape index (κ2) is 8.53. The van der Waals surface area contributed by atoms with E-state index in [0.717, 1.165) is 23.5 Å². The van der Waals surface area contributed by atoms with Crippen molar-refractivity contribution in [3.63, 3.8) is 0 Å². The highest BCUT2D eigenvalue weighted by molar-refractivity contribution is 6.00. The summed E-state index contributed by atoms with van der Waals surface area (Å²) in [4.78, 5) is 39.7. The smallest absolute Gasteiger partial charge is 0.234 e. The van der Waals surface area contributed by atoms with Gasteiger partial charge in [0.2, 0.25) is 17.7 Å². The number of rotatable bonds is 5. The lowest BCUT2D eigenvalue weighted by Gasteiger charge is -2.21. The Morgan fingerprint density at radius 3 is 2.71 bits per heavy atom.